The van der Waals surface area contributed by atoms with Crippen LogP contribution in [0.1, 0.15) is 36.1 Å². The zero-order valence-corrected chi connectivity index (χ0v) is 13.9. The van der Waals surface area contributed by atoms with Gasteiger partial charge in [0.2, 0.25) is 5.91 Å². The van der Waals surface area contributed by atoms with Crippen molar-refractivity contribution in [2.75, 3.05) is 13.6 Å². The Labute approximate surface area is 143 Å². The second-order valence-electron chi connectivity index (χ2n) is 6.29. The van der Waals surface area contributed by atoms with E-state index in [0.29, 0.717) is 30.6 Å². The first-order valence-corrected chi connectivity index (χ1v) is 8.07. The summed E-state index contributed by atoms with van der Waals surface area (Å²) in [6, 6.07) is 1.17. The molecule has 2 heterocycles. The maximum Gasteiger partial charge on any atom is 0.417 e. The molecule has 138 valence electrons. The molecule has 2 atom stereocenters. The number of nitrogens with two attached hydrogens (primary N) is 1. The van der Waals surface area contributed by atoms with Crippen LogP contribution in [0, 0.1) is 10.8 Å². The molecule has 6 nitrogen and oxygen atoms in total. The number of rotatable bonds is 1. The topological polar surface area (TPSA) is 88.7 Å². The Bertz CT molecular complexity index is 636. The molecule has 3 rings (SSSR count). The van der Waals surface area contributed by atoms with Crippen LogP contribution in [0.5, 0.6) is 0 Å². The van der Waals surface area contributed by atoms with E-state index in [1.54, 1.807) is 4.90 Å². The molecule has 1 aliphatic carbocycles. The first kappa shape index (κ1) is 19.3. The summed E-state index contributed by atoms with van der Waals surface area (Å²) in [4.78, 5) is 26.6. The number of hydrogen-bond donors (Lipinski definition) is 1. The van der Waals surface area contributed by atoms with Gasteiger partial charge in [0.05, 0.1) is 12.6 Å². The average molecular weight is 358 g/mol. The summed E-state index contributed by atoms with van der Waals surface area (Å²) < 4.78 is 38.3. The fourth-order valence-corrected chi connectivity index (χ4v) is 3.27. The number of alkyl halides is 3. The van der Waals surface area contributed by atoms with E-state index in [1.165, 1.54) is 7.05 Å². The Morgan fingerprint density at radius 3 is 2.64 bits per heavy atom. The first-order chi connectivity index (χ1) is 11.8. The summed E-state index contributed by atoms with van der Waals surface area (Å²) in [6.45, 7) is 0.715. The van der Waals surface area contributed by atoms with Crippen molar-refractivity contribution < 1.29 is 18.0 Å². The first-order valence-electron chi connectivity index (χ1n) is 8.07. The quantitative estimate of drug-likeness (QED) is 0.781. The highest BCUT2D eigenvalue weighted by molar-refractivity contribution is 5.79. The molecule has 1 aromatic rings. The number of hydrogen-bond acceptors (Lipinski definition) is 5. The van der Waals surface area contributed by atoms with E-state index < -0.39 is 11.7 Å². The van der Waals surface area contributed by atoms with Crippen LogP contribution in [0.2, 0.25) is 0 Å². The van der Waals surface area contributed by atoms with Crippen molar-refractivity contribution >= 4 is 5.91 Å². The molecular formula is C16H21F3N4O2. The van der Waals surface area contributed by atoms with E-state index >= 15 is 0 Å². The highest BCUT2D eigenvalue weighted by Gasteiger charge is 2.35. The number of halogens is 3. The van der Waals surface area contributed by atoms with E-state index in [2.05, 4.69) is 10.2 Å². The third-order valence-corrected chi connectivity index (χ3v) is 4.50. The lowest BCUT2D eigenvalue weighted by atomic mass is 10.00. The molecule has 2 unspecified atom stereocenters. The van der Waals surface area contributed by atoms with E-state index in [4.69, 9.17) is 10.6 Å². The van der Waals surface area contributed by atoms with Crippen LogP contribution < -0.4 is 5.73 Å². The van der Waals surface area contributed by atoms with Crippen LogP contribution in [0.4, 0.5) is 13.2 Å². The highest BCUT2D eigenvalue weighted by atomic mass is 19.4. The zero-order valence-electron chi connectivity index (χ0n) is 13.9. The number of aromatic nitrogens is 1. The molecule has 2 aliphatic rings. The molecule has 0 aromatic carbocycles. The lowest BCUT2D eigenvalue weighted by molar-refractivity contribution is -0.137. The summed E-state index contributed by atoms with van der Waals surface area (Å²) in [7, 11) is 1.19. The second-order valence-corrected chi connectivity index (χ2v) is 6.29. The number of nitrogens with zero attached hydrogens (tertiary/aromatic N) is 3. The van der Waals surface area contributed by atoms with Crippen LogP contribution in [-0.4, -0.2) is 35.4 Å². The van der Waals surface area contributed by atoms with Gasteiger partial charge in [-0.25, -0.2) is 0 Å². The van der Waals surface area contributed by atoms with Gasteiger partial charge in [0.25, 0.3) is 0 Å². The van der Waals surface area contributed by atoms with Crippen molar-refractivity contribution in [3.8, 4) is 0 Å². The standard InChI is InChI=1S/C15H18F3N3O.CH3NO/c16-15(17,18)11-5-10-8-21(4-3-13(10)20-7-11)14(22)9-1-2-12(19)6-9;1-2-3/h5,7,9,12H,1-4,6,8,19H2;1H3. The average Bonchev–Trinajstić information content (AvgIpc) is 2.99. The van der Waals surface area contributed by atoms with Gasteiger partial charge in [-0.3, -0.25) is 9.78 Å². The Balaban J connectivity index is 0.000000701. The summed E-state index contributed by atoms with van der Waals surface area (Å²) in [6.07, 6.45) is -0.773. The lowest BCUT2D eigenvalue weighted by Crippen LogP contribution is -2.40. The molecule has 1 aliphatic heterocycles. The van der Waals surface area contributed by atoms with Crippen LogP contribution in [-0.2, 0) is 23.9 Å². The second kappa shape index (κ2) is 7.90. The number of pyridine rings is 1. The SMILES string of the molecule is CN=O.NC1CCC(C(=O)N2CCc3ncc(C(F)(F)F)cc3C2)C1. The predicted octanol–water partition coefficient (Wildman–Crippen LogP) is 2.50. The normalized spacial score (nSPS) is 22.7. The number of carbonyl (C=O) groups excluding carboxylic acids is 1. The highest BCUT2D eigenvalue weighted by Crippen LogP contribution is 2.32. The summed E-state index contributed by atoms with van der Waals surface area (Å²) in [5.41, 5.74) is 6.22. The van der Waals surface area contributed by atoms with Gasteiger partial charge in [0.1, 0.15) is 0 Å². The van der Waals surface area contributed by atoms with Gasteiger partial charge in [-0.2, -0.15) is 18.1 Å². The minimum absolute atomic E-state index is 0.0102. The van der Waals surface area contributed by atoms with Gasteiger partial charge < -0.3 is 10.6 Å². The van der Waals surface area contributed by atoms with Crippen molar-refractivity contribution in [2.24, 2.45) is 16.8 Å². The smallest absolute Gasteiger partial charge is 0.338 e. The van der Waals surface area contributed by atoms with Crippen molar-refractivity contribution in [3.63, 3.8) is 0 Å². The van der Waals surface area contributed by atoms with E-state index in [1.807, 2.05) is 0 Å². The minimum Gasteiger partial charge on any atom is -0.338 e. The fourth-order valence-electron chi connectivity index (χ4n) is 3.27. The van der Waals surface area contributed by atoms with Gasteiger partial charge in [-0.15, -0.1) is 0 Å². The summed E-state index contributed by atoms with van der Waals surface area (Å²) >= 11 is 0. The fraction of sp³-hybridized carbons (Fsp3) is 0.625. The predicted molar refractivity (Wildman–Crippen MR) is 85.4 cm³/mol. The molecule has 1 saturated carbocycles. The van der Waals surface area contributed by atoms with E-state index in [-0.39, 0.29) is 24.4 Å². The molecule has 1 amide bonds. The molecule has 0 saturated heterocycles. The Morgan fingerprint density at radius 1 is 1.40 bits per heavy atom. The maximum atomic E-state index is 12.8. The molecular weight excluding hydrogens is 337 g/mol. The lowest BCUT2D eigenvalue weighted by Gasteiger charge is -2.30. The third kappa shape index (κ3) is 4.75. The number of nitroso groups, excluding NO2 is 1. The van der Waals surface area contributed by atoms with Gasteiger partial charge in [-0.05, 0) is 30.9 Å². The van der Waals surface area contributed by atoms with Crippen molar-refractivity contribution in [1.29, 1.82) is 0 Å². The number of amides is 1. The molecule has 1 aromatic heterocycles. The Morgan fingerprint density at radius 2 is 2.08 bits per heavy atom. The third-order valence-electron chi connectivity index (χ3n) is 4.50. The van der Waals surface area contributed by atoms with Crippen LogP contribution >= 0.6 is 0 Å². The molecule has 0 spiro atoms. The molecule has 0 bridgehead atoms. The van der Waals surface area contributed by atoms with Crippen molar-refractivity contribution in [2.45, 2.75) is 44.4 Å². The van der Waals surface area contributed by atoms with Crippen LogP contribution in [0.3, 0.4) is 0 Å². The maximum absolute atomic E-state index is 12.8. The van der Waals surface area contributed by atoms with Crippen LogP contribution in [0.25, 0.3) is 0 Å². The van der Waals surface area contributed by atoms with Crippen LogP contribution in [0.15, 0.2) is 17.4 Å². The van der Waals surface area contributed by atoms with Crippen molar-refractivity contribution in [3.05, 3.63) is 34.0 Å². The van der Waals surface area contributed by atoms with E-state index in [0.717, 1.165) is 25.1 Å². The van der Waals surface area contributed by atoms with Gasteiger partial charge in [0.15, 0.2) is 0 Å². The summed E-state index contributed by atoms with van der Waals surface area (Å²) in [5, 5.41) is 2.25. The van der Waals surface area contributed by atoms with Gasteiger partial charge in [0, 0.05) is 43.4 Å². The van der Waals surface area contributed by atoms with Gasteiger partial charge >= 0.3 is 6.18 Å². The molecule has 0 radical (unpaired) electrons. The molecule has 25 heavy (non-hydrogen) atoms. The molecule has 2 N–H and O–H groups in total. The number of carbonyl (C=O) groups is 1. The molecule has 1 fully saturated rings. The largest absolute Gasteiger partial charge is 0.417 e. The zero-order chi connectivity index (χ0) is 18.6. The summed E-state index contributed by atoms with van der Waals surface area (Å²) in [5.74, 6) is -0.0775. The minimum atomic E-state index is -4.41. The van der Waals surface area contributed by atoms with E-state index in [9.17, 15) is 18.0 Å². The van der Waals surface area contributed by atoms with Gasteiger partial charge in [-0.1, -0.05) is 5.18 Å². The molecule has 9 heteroatoms. The number of fused-ring (bicyclic) bond motifs is 1. The monoisotopic (exact) mass is 358 g/mol. The Hall–Kier alpha value is -2.03. The van der Waals surface area contributed by atoms with Crippen molar-refractivity contribution in [1.82, 2.24) is 9.88 Å². The Kier molecular flexibility index (Phi) is 6.10.